The van der Waals surface area contributed by atoms with Crippen LogP contribution in [0.15, 0.2) is 52.2 Å². The van der Waals surface area contributed by atoms with Gasteiger partial charge in [0, 0.05) is 36.7 Å². The summed E-state index contributed by atoms with van der Waals surface area (Å²) >= 11 is 1.63. The molecule has 3 aromatic rings. The van der Waals surface area contributed by atoms with E-state index in [1.54, 1.807) is 30.7 Å². The molecule has 0 aliphatic carbocycles. The Balaban J connectivity index is 1.68. The zero-order chi connectivity index (χ0) is 19.2. The van der Waals surface area contributed by atoms with Crippen LogP contribution < -0.4 is 11.0 Å². The van der Waals surface area contributed by atoms with E-state index in [-0.39, 0.29) is 24.1 Å². The summed E-state index contributed by atoms with van der Waals surface area (Å²) in [5, 5.41) is 7.19. The Morgan fingerprint density at radius 3 is 2.85 bits per heavy atom. The molecule has 0 radical (unpaired) electrons. The van der Waals surface area contributed by atoms with Crippen LogP contribution in [0.5, 0.6) is 0 Å². The Morgan fingerprint density at radius 2 is 2.19 bits per heavy atom. The van der Waals surface area contributed by atoms with E-state index in [4.69, 9.17) is 0 Å². The lowest BCUT2D eigenvalue weighted by Crippen LogP contribution is -2.33. The van der Waals surface area contributed by atoms with Crippen molar-refractivity contribution in [1.82, 2.24) is 19.9 Å². The molecule has 1 amide bonds. The lowest BCUT2D eigenvalue weighted by Gasteiger charge is -2.19. The van der Waals surface area contributed by atoms with Crippen LogP contribution in [0.25, 0.3) is 0 Å². The second kappa shape index (κ2) is 8.73. The van der Waals surface area contributed by atoms with Crippen LogP contribution in [0.1, 0.15) is 35.0 Å². The Labute approximate surface area is 161 Å². The van der Waals surface area contributed by atoms with Crippen molar-refractivity contribution < 1.29 is 4.79 Å². The Morgan fingerprint density at radius 1 is 1.33 bits per heavy atom. The van der Waals surface area contributed by atoms with Gasteiger partial charge in [0.2, 0.25) is 5.91 Å². The first kappa shape index (κ1) is 19.0. The molecule has 6 nitrogen and oxygen atoms in total. The van der Waals surface area contributed by atoms with Gasteiger partial charge in [-0.15, -0.1) is 0 Å². The highest BCUT2D eigenvalue weighted by Gasteiger charge is 2.16. The van der Waals surface area contributed by atoms with Crippen LogP contribution in [-0.2, 0) is 17.8 Å². The molecule has 0 aromatic carbocycles. The van der Waals surface area contributed by atoms with Crippen LogP contribution in [-0.4, -0.2) is 20.4 Å². The summed E-state index contributed by atoms with van der Waals surface area (Å²) in [7, 11) is 0. The maximum atomic E-state index is 12.6. The quantitative estimate of drug-likeness (QED) is 0.682. The van der Waals surface area contributed by atoms with E-state index in [0.29, 0.717) is 18.7 Å². The van der Waals surface area contributed by atoms with Gasteiger partial charge in [-0.05, 0) is 60.4 Å². The van der Waals surface area contributed by atoms with Gasteiger partial charge in [0.15, 0.2) is 0 Å². The molecule has 140 valence electrons. The van der Waals surface area contributed by atoms with Crippen molar-refractivity contribution in [1.29, 1.82) is 0 Å². The normalized spacial score (nSPS) is 11.9. The Bertz CT molecular complexity index is 952. The van der Waals surface area contributed by atoms with Crippen LogP contribution in [0.4, 0.5) is 0 Å². The van der Waals surface area contributed by atoms with Crippen LogP contribution in [0.2, 0.25) is 0 Å². The predicted molar refractivity (Wildman–Crippen MR) is 106 cm³/mol. The molecule has 0 fully saturated rings. The number of carbonyl (C=O) groups is 1. The van der Waals surface area contributed by atoms with Crippen molar-refractivity contribution in [2.45, 2.75) is 39.3 Å². The molecule has 0 unspecified atom stereocenters. The van der Waals surface area contributed by atoms with Crippen molar-refractivity contribution in [3.8, 4) is 0 Å². The van der Waals surface area contributed by atoms with Crippen molar-refractivity contribution in [2.75, 3.05) is 0 Å². The van der Waals surface area contributed by atoms with E-state index >= 15 is 0 Å². The van der Waals surface area contributed by atoms with E-state index in [9.17, 15) is 9.59 Å². The summed E-state index contributed by atoms with van der Waals surface area (Å²) < 4.78 is 1.53. The third-order valence-electron chi connectivity index (χ3n) is 4.35. The number of rotatable bonds is 7. The molecule has 3 heterocycles. The van der Waals surface area contributed by atoms with Crippen molar-refractivity contribution in [3.63, 3.8) is 0 Å². The first-order valence-corrected chi connectivity index (χ1v) is 9.72. The molecule has 0 bridgehead atoms. The molecule has 0 spiro atoms. The SMILES string of the molecule is Cc1cc(C)n(CCC(=O)N[C@@H](Cc2ccsc2)c2cccnc2)c(=O)n1. The summed E-state index contributed by atoms with van der Waals surface area (Å²) in [6.07, 6.45) is 4.40. The molecule has 1 N–H and O–H groups in total. The molecule has 3 aromatic heterocycles. The smallest absolute Gasteiger partial charge is 0.347 e. The molecular formula is C20H22N4O2S. The molecule has 3 rings (SSSR count). The highest BCUT2D eigenvalue weighted by molar-refractivity contribution is 7.07. The predicted octanol–water partition coefficient (Wildman–Crippen LogP) is 2.81. The fourth-order valence-corrected chi connectivity index (χ4v) is 3.69. The minimum atomic E-state index is -0.317. The minimum absolute atomic E-state index is 0.106. The molecule has 0 saturated carbocycles. The number of hydrogen-bond donors (Lipinski definition) is 1. The number of thiophene rings is 1. The largest absolute Gasteiger partial charge is 0.349 e. The van der Waals surface area contributed by atoms with E-state index in [1.807, 2.05) is 30.5 Å². The van der Waals surface area contributed by atoms with Gasteiger partial charge in [-0.25, -0.2) is 4.79 Å². The first-order valence-electron chi connectivity index (χ1n) is 8.78. The fourth-order valence-electron chi connectivity index (χ4n) is 3.01. The first-order chi connectivity index (χ1) is 13.0. The van der Waals surface area contributed by atoms with Crippen LogP contribution in [0.3, 0.4) is 0 Å². The minimum Gasteiger partial charge on any atom is -0.349 e. The van der Waals surface area contributed by atoms with Crippen LogP contribution in [0, 0.1) is 13.8 Å². The number of hydrogen-bond acceptors (Lipinski definition) is 5. The zero-order valence-electron chi connectivity index (χ0n) is 15.4. The Kier molecular flexibility index (Phi) is 6.13. The van der Waals surface area contributed by atoms with Crippen molar-refractivity contribution in [2.24, 2.45) is 0 Å². The number of amides is 1. The average Bonchev–Trinajstić information content (AvgIpc) is 3.14. The van der Waals surface area contributed by atoms with Gasteiger partial charge in [-0.2, -0.15) is 16.3 Å². The average molecular weight is 382 g/mol. The van der Waals surface area contributed by atoms with E-state index in [0.717, 1.165) is 11.3 Å². The molecule has 0 saturated heterocycles. The van der Waals surface area contributed by atoms with Gasteiger partial charge in [-0.1, -0.05) is 6.07 Å². The highest BCUT2D eigenvalue weighted by Crippen LogP contribution is 2.19. The van der Waals surface area contributed by atoms with Crippen LogP contribution >= 0.6 is 11.3 Å². The number of carbonyl (C=O) groups excluding carboxylic acids is 1. The van der Waals surface area contributed by atoms with Gasteiger partial charge in [-0.3, -0.25) is 14.3 Å². The summed E-state index contributed by atoms with van der Waals surface area (Å²) in [6.45, 7) is 3.94. The Hall–Kier alpha value is -2.80. The maximum Gasteiger partial charge on any atom is 0.347 e. The van der Waals surface area contributed by atoms with Crippen molar-refractivity contribution >= 4 is 17.2 Å². The van der Waals surface area contributed by atoms with Crippen molar-refractivity contribution in [3.05, 3.63) is 80.4 Å². The maximum absolute atomic E-state index is 12.6. The number of nitrogens with one attached hydrogen (secondary N) is 1. The highest BCUT2D eigenvalue weighted by atomic mass is 32.1. The van der Waals surface area contributed by atoms with Gasteiger partial charge in [0.25, 0.3) is 0 Å². The van der Waals surface area contributed by atoms with Gasteiger partial charge in [0.1, 0.15) is 0 Å². The second-order valence-electron chi connectivity index (χ2n) is 6.47. The van der Waals surface area contributed by atoms with Gasteiger partial charge in [0.05, 0.1) is 6.04 Å². The molecule has 27 heavy (non-hydrogen) atoms. The molecule has 0 aliphatic heterocycles. The number of pyridine rings is 1. The summed E-state index contributed by atoms with van der Waals surface area (Å²) in [5.41, 5.74) is 3.31. The number of aryl methyl sites for hydroxylation is 2. The lowest BCUT2D eigenvalue weighted by atomic mass is 10.0. The third kappa shape index (κ3) is 5.10. The van der Waals surface area contributed by atoms with E-state index < -0.39 is 0 Å². The molecule has 7 heteroatoms. The summed E-state index contributed by atoms with van der Waals surface area (Å²) in [6, 6.07) is 7.57. The summed E-state index contributed by atoms with van der Waals surface area (Å²) in [4.78, 5) is 32.7. The third-order valence-corrected chi connectivity index (χ3v) is 5.08. The van der Waals surface area contributed by atoms with Gasteiger partial charge < -0.3 is 5.32 Å². The molecular weight excluding hydrogens is 360 g/mol. The van der Waals surface area contributed by atoms with Gasteiger partial charge >= 0.3 is 5.69 Å². The van der Waals surface area contributed by atoms with E-state index in [2.05, 4.69) is 26.7 Å². The number of aromatic nitrogens is 3. The second-order valence-corrected chi connectivity index (χ2v) is 7.25. The van der Waals surface area contributed by atoms with E-state index in [1.165, 1.54) is 10.1 Å². The number of nitrogens with zero attached hydrogens (tertiary/aromatic N) is 3. The zero-order valence-corrected chi connectivity index (χ0v) is 16.2. The summed E-state index contributed by atoms with van der Waals surface area (Å²) in [5.74, 6) is -0.106. The standard InChI is InChI=1S/C20H22N4O2S/c1-14-10-15(2)24(20(26)22-14)8-5-19(25)23-18(11-16-6-9-27-13-16)17-4-3-7-21-12-17/h3-4,6-7,9-10,12-13,18H,5,8,11H2,1-2H3,(H,23,25)/t18-/m0/s1. The fraction of sp³-hybridized carbons (Fsp3) is 0.300. The molecule has 0 aliphatic rings. The molecule has 1 atom stereocenters. The monoisotopic (exact) mass is 382 g/mol. The topological polar surface area (TPSA) is 76.9 Å². The lowest BCUT2D eigenvalue weighted by molar-refractivity contribution is -0.122.